The van der Waals surface area contributed by atoms with Crippen LogP contribution in [0.25, 0.3) is 0 Å². The molecule has 0 bridgehead atoms. The summed E-state index contributed by atoms with van der Waals surface area (Å²) < 4.78 is 4.79. The fourth-order valence-corrected chi connectivity index (χ4v) is 3.82. The van der Waals surface area contributed by atoms with Crippen molar-refractivity contribution in [1.29, 1.82) is 0 Å². The van der Waals surface area contributed by atoms with E-state index in [4.69, 9.17) is 9.84 Å². The lowest BCUT2D eigenvalue weighted by Crippen LogP contribution is -2.37. The van der Waals surface area contributed by atoms with Gasteiger partial charge in [-0.3, -0.25) is 4.90 Å². The Morgan fingerprint density at radius 1 is 1.14 bits per heavy atom. The maximum Gasteiger partial charge on any atom is 0.511 e. The summed E-state index contributed by atoms with van der Waals surface area (Å²) in [6, 6.07) is 13.2. The van der Waals surface area contributed by atoms with E-state index in [-0.39, 0.29) is 17.5 Å². The summed E-state index contributed by atoms with van der Waals surface area (Å²) in [5.74, 6) is 0.318. The number of hydrogen-bond donors (Lipinski definition) is 2. The molecule has 2 aromatic carbocycles. The number of benzene rings is 2. The smallest absolute Gasteiger partial charge is 0.449 e. The molecule has 1 aliphatic heterocycles. The largest absolute Gasteiger partial charge is 0.511 e. The van der Waals surface area contributed by atoms with E-state index in [0.29, 0.717) is 5.75 Å². The lowest BCUT2D eigenvalue weighted by Gasteiger charge is -2.41. The van der Waals surface area contributed by atoms with E-state index < -0.39 is 6.16 Å². The molecular weight excluding hydrogens is 370 g/mol. The number of nitrogens with one attached hydrogen (secondary N) is 1. The highest BCUT2D eigenvalue weighted by atomic mass is 16.7. The third-order valence-electron chi connectivity index (χ3n) is 5.27. The lowest BCUT2D eigenvalue weighted by atomic mass is 9.73. The predicted octanol–water partition coefficient (Wildman–Crippen LogP) is 4.60. The second kappa shape index (κ2) is 7.66. The van der Waals surface area contributed by atoms with Crippen LogP contribution in [-0.2, 0) is 6.42 Å². The van der Waals surface area contributed by atoms with Gasteiger partial charge in [-0.2, -0.15) is 0 Å². The molecule has 2 amide bonds. The number of carbonyl (C=O) groups is 2. The van der Waals surface area contributed by atoms with Crippen molar-refractivity contribution in [1.82, 2.24) is 4.90 Å². The molecule has 2 N–H and O–H groups in total. The number of urea groups is 1. The summed E-state index contributed by atoms with van der Waals surface area (Å²) >= 11 is 0. The Morgan fingerprint density at radius 3 is 2.52 bits per heavy atom. The monoisotopic (exact) mass is 397 g/mol. The fraction of sp³-hybridized carbons (Fsp3) is 0.364. The second-order valence-electron chi connectivity index (χ2n) is 8.26. The van der Waals surface area contributed by atoms with Gasteiger partial charge in [0.05, 0.1) is 6.04 Å². The highest BCUT2D eigenvalue weighted by molar-refractivity contribution is 5.91. The number of fused-ring (bicyclic) bond motifs is 1. The maximum atomic E-state index is 12.3. The average molecular weight is 397 g/mol. The van der Waals surface area contributed by atoms with Crippen molar-refractivity contribution < 1.29 is 19.4 Å². The van der Waals surface area contributed by atoms with Gasteiger partial charge in [0.1, 0.15) is 5.75 Å². The SMILES string of the molecule is CN(C)C(=O)N(C)c1cccc(C2Nc3ccc(OC(=O)O)cc3CC2(C)C)c1. The third-order valence-corrected chi connectivity index (χ3v) is 5.27. The molecule has 0 radical (unpaired) electrons. The van der Waals surface area contributed by atoms with E-state index >= 15 is 0 Å². The Kier molecular flexibility index (Phi) is 5.42. The van der Waals surface area contributed by atoms with Crippen LogP contribution in [0, 0.1) is 5.41 Å². The molecule has 0 saturated heterocycles. The van der Waals surface area contributed by atoms with Crippen LogP contribution in [-0.4, -0.2) is 43.3 Å². The summed E-state index contributed by atoms with van der Waals surface area (Å²) in [5, 5.41) is 12.4. The highest BCUT2D eigenvalue weighted by Gasteiger charge is 2.36. The van der Waals surface area contributed by atoms with Crippen LogP contribution in [0.2, 0.25) is 0 Å². The zero-order valence-corrected chi connectivity index (χ0v) is 17.4. The van der Waals surface area contributed by atoms with Crippen molar-refractivity contribution in [3.63, 3.8) is 0 Å². The normalized spacial score (nSPS) is 16.9. The first-order chi connectivity index (χ1) is 13.6. The van der Waals surface area contributed by atoms with Gasteiger partial charge in [0.15, 0.2) is 0 Å². The van der Waals surface area contributed by atoms with Gasteiger partial charge >= 0.3 is 12.2 Å². The number of amides is 2. The summed E-state index contributed by atoms with van der Waals surface area (Å²) in [6.07, 6.45) is -0.563. The van der Waals surface area contributed by atoms with Crippen molar-refractivity contribution >= 4 is 23.6 Å². The second-order valence-corrected chi connectivity index (χ2v) is 8.26. The number of carboxylic acid groups (broad SMARTS) is 1. The first-order valence-electron chi connectivity index (χ1n) is 9.44. The van der Waals surface area contributed by atoms with E-state index in [1.54, 1.807) is 43.1 Å². The lowest BCUT2D eigenvalue weighted by molar-refractivity contribution is 0.144. The zero-order valence-electron chi connectivity index (χ0n) is 17.4. The third kappa shape index (κ3) is 4.29. The van der Waals surface area contributed by atoms with Crippen LogP contribution in [0.3, 0.4) is 0 Å². The van der Waals surface area contributed by atoms with Crippen LogP contribution < -0.4 is 15.0 Å². The molecule has 0 saturated carbocycles. The number of nitrogens with zero attached hydrogens (tertiary/aromatic N) is 2. The molecule has 7 heteroatoms. The first kappa shape index (κ1) is 20.5. The number of hydrogen-bond acceptors (Lipinski definition) is 4. The van der Waals surface area contributed by atoms with Crippen molar-refractivity contribution in [2.24, 2.45) is 5.41 Å². The number of carbonyl (C=O) groups excluding carboxylic acids is 1. The molecule has 3 rings (SSSR count). The van der Waals surface area contributed by atoms with Gasteiger partial charge in [-0.05, 0) is 53.3 Å². The number of ether oxygens (including phenoxy) is 1. The molecule has 0 aliphatic carbocycles. The van der Waals surface area contributed by atoms with Crippen molar-refractivity contribution in [3.05, 3.63) is 53.6 Å². The minimum absolute atomic E-state index is 0.0315. The van der Waals surface area contributed by atoms with Crippen LogP contribution in [0.1, 0.15) is 31.0 Å². The van der Waals surface area contributed by atoms with Crippen molar-refractivity contribution in [3.8, 4) is 5.75 Å². The van der Waals surface area contributed by atoms with Gasteiger partial charge in [-0.1, -0.05) is 26.0 Å². The summed E-state index contributed by atoms with van der Waals surface area (Å²) in [7, 11) is 5.22. The molecule has 1 atom stereocenters. The number of anilines is 2. The fourth-order valence-electron chi connectivity index (χ4n) is 3.82. The van der Waals surface area contributed by atoms with Gasteiger partial charge in [-0.15, -0.1) is 0 Å². The van der Waals surface area contributed by atoms with E-state index in [1.807, 2.05) is 24.3 Å². The quantitative estimate of drug-likeness (QED) is 0.584. The molecule has 1 unspecified atom stereocenters. The molecule has 0 aromatic heterocycles. The van der Waals surface area contributed by atoms with Crippen LogP contribution >= 0.6 is 0 Å². The molecule has 7 nitrogen and oxygen atoms in total. The van der Waals surface area contributed by atoms with E-state index in [2.05, 4.69) is 25.2 Å². The van der Waals surface area contributed by atoms with Gasteiger partial charge < -0.3 is 20.1 Å². The highest BCUT2D eigenvalue weighted by Crippen LogP contribution is 2.46. The Morgan fingerprint density at radius 2 is 1.86 bits per heavy atom. The first-order valence-corrected chi connectivity index (χ1v) is 9.44. The molecule has 0 spiro atoms. The maximum absolute atomic E-state index is 12.3. The molecule has 154 valence electrons. The standard InChI is InChI=1S/C22H27N3O4/c1-22(2)13-15-12-17(29-21(27)28)9-10-18(15)23-19(22)14-7-6-8-16(11-14)25(5)20(26)24(3)4/h6-12,19,23H,13H2,1-5H3,(H,27,28). The van der Waals surface area contributed by atoms with E-state index in [9.17, 15) is 9.59 Å². The van der Waals surface area contributed by atoms with Gasteiger partial charge in [0, 0.05) is 32.5 Å². The molecule has 1 aliphatic rings. The topological polar surface area (TPSA) is 82.1 Å². The summed E-state index contributed by atoms with van der Waals surface area (Å²) in [5.41, 5.74) is 3.74. The molecule has 1 heterocycles. The minimum atomic E-state index is -1.32. The van der Waals surface area contributed by atoms with Crippen molar-refractivity contribution in [2.45, 2.75) is 26.3 Å². The Labute approximate surface area is 170 Å². The Balaban J connectivity index is 1.91. The van der Waals surface area contributed by atoms with E-state index in [1.165, 1.54) is 0 Å². The minimum Gasteiger partial charge on any atom is -0.449 e. The van der Waals surface area contributed by atoms with Crippen molar-refractivity contribution in [2.75, 3.05) is 31.4 Å². The zero-order chi connectivity index (χ0) is 21.3. The number of rotatable bonds is 3. The van der Waals surface area contributed by atoms with Crippen LogP contribution in [0.15, 0.2) is 42.5 Å². The molecule has 2 aromatic rings. The predicted molar refractivity (Wildman–Crippen MR) is 113 cm³/mol. The molecule has 0 fully saturated rings. The van der Waals surface area contributed by atoms with E-state index in [0.717, 1.165) is 28.9 Å². The summed E-state index contributed by atoms with van der Waals surface area (Å²) in [6.45, 7) is 4.33. The molecule has 29 heavy (non-hydrogen) atoms. The Bertz CT molecular complexity index is 939. The average Bonchev–Trinajstić information content (AvgIpc) is 2.65. The summed E-state index contributed by atoms with van der Waals surface area (Å²) in [4.78, 5) is 26.3. The van der Waals surface area contributed by atoms with Gasteiger partial charge in [0.2, 0.25) is 0 Å². The van der Waals surface area contributed by atoms with Crippen LogP contribution in [0.5, 0.6) is 5.75 Å². The molecular formula is C22H27N3O4. The van der Waals surface area contributed by atoms with Gasteiger partial charge in [-0.25, -0.2) is 9.59 Å². The Hall–Kier alpha value is -3.22. The van der Waals surface area contributed by atoms with Gasteiger partial charge in [0.25, 0.3) is 0 Å². The van der Waals surface area contributed by atoms with Crippen LogP contribution in [0.4, 0.5) is 21.0 Å².